The minimum atomic E-state index is -0.299. The van der Waals surface area contributed by atoms with Crippen molar-refractivity contribution in [3.8, 4) is 6.07 Å². The Morgan fingerprint density at radius 2 is 2.15 bits per heavy atom. The van der Waals surface area contributed by atoms with E-state index < -0.39 is 0 Å². The molecule has 0 atom stereocenters. The molecule has 0 bridgehead atoms. The predicted octanol–water partition coefficient (Wildman–Crippen LogP) is 0.391. The number of nitriles is 1. The second-order valence-electron chi connectivity index (χ2n) is 3.71. The molecule has 0 saturated carbocycles. The topological polar surface area (TPSA) is 78.9 Å². The van der Waals surface area contributed by atoms with E-state index in [1.54, 1.807) is 0 Å². The van der Waals surface area contributed by atoms with Crippen LogP contribution in [0.5, 0.6) is 0 Å². The van der Waals surface area contributed by atoms with E-state index >= 15 is 0 Å². The van der Waals surface area contributed by atoms with Gasteiger partial charge in [0.2, 0.25) is 5.91 Å². The van der Waals surface area contributed by atoms with E-state index in [-0.39, 0.29) is 11.3 Å². The van der Waals surface area contributed by atoms with E-state index in [0.29, 0.717) is 13.0 Å². The fourth-order valence-electron chi connectivity index (χ4n) is 0.793. The van der Waals surface area contributed by atoms with Crippen LogP contribution in [0.2, 0.25) is 0 Å². The third kappa shape index (κ3) is 7.29. The molecule has 0 aliphatic rings. The Balaban J connectivity index is 3.37. The Morgan fingerprint density at radius 3 is 2.62 bits per heavy atom. The minimum absolute atomic E-state index is 0.292. The van der Waals surface area contributed by atoms with Gasteiger partial charge in [0.1, 0.15) is 0 Å². The third-order valence-electron chi connectivity index (χ3n) is 1.78. The number of nitrogens with two attached hydrogens (primary N) is 1. The number of nitrogens with one attached hydrogen (secondary N) is 1. The Morgan fingerprint density at radius 1 is 1.54 bits per heavy atom. The molecule has 13 heavy (non-hydrogen) atoms. The lowest BCUT2D eigenvalue weighted by atomic mass is 9.91. The molecule has 4 nitrogen and oxygen atoms in total. The number of carbonyl (C=O) groups is 1. The molecule has 0 spiro atoms. The Kier molecular flexibility index (Phi) is 5.09. The van der Waals surface area contributed by atoms with Crippen LogP contribution in [0.25, 0.3) is 0 Å². The fraction of sp³-hybridized carbons (Fsp3) is 0.778. The lowest BCUT2D eigenvalue weighted by Gasteiger charge is -2.14. The molecule has 0 fully saturated rings. The van der Waals surface area contributed by atoms with Crippen LogP contribution in [0.15, 0.2) is 0 Å². The standard InChI is InChI=1S/C9H17N3O/c1-9(2,7-10)4-6-12-5-3-8(11)13/h12H,3-6H2,1-2H3,(H2,11,13). The number of carbonyl (C=O) groups excluding carboxylic acids is 1. The van der Waals surface area contributed by atoms with Gasteiger partial charge in [0.15, 0.2) is 0 Å². The van der Waals surface area contributed by atoms with E-state index in [1.807, 2.05) is 13.8 Å². The molecule has 0 aromatic rings. The van der Waals surface area contributed by atoms with Crippen molar-refractivity contribution in [3.05, 3.63) is 0 Å². The molecule has 0 aromatic heterocycles. The van der Waals surface area contributed by atoms with Crippen LogP contribution in [0.3, 0.4) is 0 Å². The zero-order valence-electron chi connectivity index (χ0n) is 8.26. The van der Waals surface area contributed by atoms with E-state index in [2.05, 4.69) is 11.4 Å². The molecule has 0 aliphatic carbocycles. The maximum atomic E-state index is 10.3. The summed E-state index contributed by atoms with van der Waals surface area (Å²) < 4.78 is 0. The SMILES string of the molecule is CC(C)(C#N)CCNCCC(N)=O. The molecule has 1 amide bonds. The normalized spacial score (nSPS) is 10.8. The summed E-state index contributed by atoms with van der Waals surface area (Å²) in [5.41, 5.74) is 4.66. The van der Waals surface area contributed by atoms with Crippen molar-refractivity contribution in [1.82, 2.24) is 5.32 Å². The van der Waals surface area contributed by atoms with Crippen LogP contribution in [-0.2, 0) is 4.79 Å². The number of primary amides is 1. The highest BCUT2D eigenvalue weighted by atomic mass is 16.1. The molecule has 0 aliphatic heterocycles. The molecule has 0 radical (unpaired) electrons. The number of rotatable bonds is 6. The summed E-state index contributed by atoms with van der Waals surface area (Å²) in [4.78, 5) is 10.3. The van der Waals surface area contributed by atoms with Crippen molar-refractivity contribution in [2.24, 2.45) is 11.1 Å². The molecule has 0 saturated heterocycles. The Labute approximate surface area is 79.1 Å². The van der Waals surface area contributed by atoms with Gasteiger partial charge in [-0.2, -0.15) is 5.26 Å². The second kappa shape index (κ2) is 5.55. The molecule has 0 rings (SSSR count). The van der Waals surface area contributed by atoms with Crippen molar-refractivity contribution < 1.29 is 4.79 Å². The summed E-state index contributed by atoms with van der Waals surface area (Å²) in [5, 5.41) is 11.7. The first-order valence-corrected chi connectivity index (χ1v) is 4.38. The van der Waals surface area contributed by atoms with Crippen LogP contribution < -0.4 is 11.1 Å². The van der Waals surface area contributed by atoms with Gasteiger partial charge >= 0.3 is 0 Å². The van der Waals surface area contributed by atoms with Crippen LogP contribution >= 0.6 is 0 Å². The van der Waals surface area contributed by atoms with Gasteiger partial charge in [-0.3, -0.25) is 4.79 Å². The van der Waals surface area contributed by atoms with Gasteiger partial charge in [0.25, 0.3) is 0 Å². The second-order valence-corrected chi connectivity index (χ2v) is 3.71. The first kappa shape index (κ1) is 11.9. The van der Waals surface area contributed by atoms with Gasteiger partial charge < -0.3 is 11.1 Å². The lowest BCUT2D eigenvalue weighted by Crippen LogP contribution is -2.25. The maximum absolute atomic E-state index is 10.3. The number of hydrogen-bond donors (Lipinski definition) is 2. The summed E-state index contributed by atoms with van der Waals surface area (Å²) >= 11 is 0. The van der Waals surface area contributed by atoms with E-state index in [1.165, 1.54) is 0 Å². The molecule has 0 aromatic carbocycles. The van der Waals surface area contributed by atoms with Crippen molar-refractivity contribution in [2.45, 2.75) is 26.7 Å². The van der Waals surface area contributed by atoms with Gasteiger partial charge in [0.05, 0.1) is 11.5 Å². The van der Waals surface area contributed by atoms with Crippen molar-refractivity contribution >= 4 is 5.91 Å². The smallest absolute Gasteiger partial charge is 0.218 e. The Hall–Kier alpha value is -1.08. The quantitative estimate of drug-likeness (QED) is 0.585. The average molecular weight is 183 g/mol. The summed E-state index contributed by atoms with van der Waals surface area (Å²) in [6.45, 7) is 5.12. The molecule has 0 heterocycles. The van der Waals surface area contributed by atoms with Gasteiger partial charge in [-0.1, -0.05) is 0 Å². The zero-order valence-corrected chi connectivity index (χ0v) is 8.26. The van der Waals surface area contributed by atoms with Crippen molar-refractivity contribution in [3.63, 3.8) is 0 Å². The number of amides is 1. The first-order chi connectivity index (χ1) is 5.98. The molecule has 4 heteroatoms. The highest BCUT2D eigenvalue weighted by Crippen LogP contribution is 2.16. The minimum Gasteiger partial charge on any atom is -0.370 e. The monoisotopic (exact) mass is 183 g/mol. The molecular weight excluding hydrogens is 166 g/mol. The van der Waals surface area contributed by atoms with E-state index in [4.69, 9.17) is 11.0 Å². The predicted molar refractivity (Wildman–Crippen MR) is 50.7 cm³/mol. The largest absolute Gasteiger partial charge is 0.370 e. The third-order valence-corrected chi connectivity index (χ3v) is 1.78. The number of nitrogens with zero attached hydrogens (tertiary/aromatic N) is 1. The van der Waals surface area contributed by atoms with E-state index in [9.17, 15) is 4.79 Å². The van der Waals surface area contributed by atoms with Gasteiger partial charge in [-0.25, -0.2) is 0 Å². The number of hydrogen-bond acceptors (Lipinski definition) is 3. The fourth-order valence-corrected chi connectivity index (χ4v) is 0.793. The lowest BCUT2D eigenvalue weighted by molar-refractivity contribution is -0.117. The van der Waals surface area contributed by atoms with Crippen LogP contribution in [0.4, 0.5) is 0 Å². The maximum Gasteiger partial charge on any atom is 0.218 e. The molecule has 74 valence electrons. The Bertz CT molecular complexity index is 205. The van der Waals surface area contributed by atoms with Crippen molar-refractivity contribution in [2.75, 3.05) is 13.1 Å². The molecule has 0 unspecified atom stereocenters. The highest BCUT2D eigenvalue weighted by Gasteiger charge is 2.15. The van der Waals surface area contributed by atoms with Crippen molar-refractivity contribution in [1.29, 1.82) is 5.26 Å². The average Bonchev–Trinajstić information content (AvgIpc) is 2.03. The van der Waals surface area contributed by atoms with E-state index in [0.717, 1.165) is 13.0 Å². The summed E-state index contributed by atoms with van der Waals surface area (Å²) in [6, 6.07) is 2.21. The van der Waals surface area contributed by atoms with Crippen LogP contribution in [0.1, 0.15) is 26.7 Å². The molecular formula is C9H17N3O. The highest BCUT2D eigenvalue weighted by molar-refractivity contribution is 5.73. The zero-order chi connectivity index (χ0) is 10.3. The van der Waals surface area contributed by atoms with Gasteiger partial charge in [0, 0.05) is 13.0 Å². The summed E-state index contributed by atoms with van der Waals surface area (Å²) in [7, 11) is 0. The summed E-state index contributed by atoms with van der Waals surface area (Å²) in [5.74, 6) is -0.299. The summed E-state index contributed by atoms with van der Waals surface area (Å²) in [6.07, 6.45) is 1.13. The first-order valence-electron chi connectivity index (χ1n) is 4.38. The van der Waals surface area contributed by atoms with Crippen LogP contribution in [0, 0.1) is 16.7 Å². The van der Waals surface area contributed by atoms with Crippen LogP contribution in [-0.4, -0.2) is 19.0 Å². The molecule has 3 N–H and O–H groups in total. The van der Waals surface area contributed by atoms with Gasteiger partial charge in [-0.15, -0.1) is 0 Å². The van der Waals surface area contributed by atoms with Gasteiger partial charge in [-0.05, 0) is 26.8 Å².